The minimum atomic E-state index is -0.593. The van der Waals surface area contributed by atoms with Crippen molar-refractivity contribution in [2.45, 2.75) is 0 Å². The first-order valence-corrected chi connectivity index (χ1v) is 6.62. The molecule has 0 fully saturated rings. The van der Waals surface area contributed by atoms with Crippen molar-refractivity contribution in [1.29, 1.82) is 0 Å². The SMILES string of the molecule is Cn1c(=O)c2c(-c3cccs3)[nH]c(=O)nc2n(C)c1=O. The minimum Gasteiger partial charge on any atom is -0.304 e. The predicted molar refractivity (Wildman–Crippen MR) is 76.2 cm³/mol. The normalized spacial score (nSPS) is 11.1. The van der Waals surface area contributed by atoms with E-state index in [1.165, 1.54) is 30.0 Å². The van der Waals surface area contributed by atoms with Crippen molar-refractivity contribution in [1.82, 2.24) is 19.1 Å². The summed E-state index contributed by atoms with van der Waals surface area (Å²) in [7, 11) is 2.88. The Bertz CT molecular complexity index is 979. The molecule has 20 heavy (non-hydrogen) atoms. The highest BCUT2D eigenvalue weighted by molar-refractivity contribution is 7.13. The molecule has 8 heteroatoms. The molecule has 3 aromatic heterocycles. The zero-order chi connectivity index (χ0) is 14.4. The van der Waals surface area contributed by atoms with E-state index in [1.807, 2.05) is 11.4 Å². The molecule has 0 saturated carbocycles. The predicted octanol–water partition coefficient (Wildman–Crippen LogP) is 0.0490. The lowest BCUT2D eigenvalue weighted by atomic mass is 10.2. The third-order valence-corrected chi connectivity index (χ3v) is 3.98. The van der Waals surface area contributed by atoms with E-state index in [0.717, 1.165) is 9.44 Å². The highest BCUT2D eigenvalue weighted by Gasteiger charge is 2.16. The Morgan fingerprint density at radius 2 is 1.95 bits per heavy atom. The monoisotopic (exact) mass is 290 g/mol. The van der Waals surface area contributed by atoms with Crippen LogP contribution in [0.15, 0.2) is 31.9 Å². The summed E-state index contributed by atoms with van der Waals surface area (Å²) in [4.78, 5) is 43.0. The number of nitrogens with zero attached hydrogens (tertiary/aromatic N) is 3. The molecule has 3 heterocycles. The van der Waals surface area contributed by atoms with Crippen molar-refractivity contribution in [3.63, 3.8) is 0 Å². The van der Waals surface area contributed by atoms with Gasteiger partial charge < -0.3 is 4.98 Å². The van der Waals surface area contributed by atoms with Crippen molar-refractivity contribution < 1.29 is 0 Å². The summed E-state index contributed by atoms with van der Waals surface area (Å²) >= 11 is 1.39. The molecule has 0 aromatic carbocycles. The van der Waals surface area contributed by atoms with Crippen LogP contribution in [0.4, 0.5) is 0 Å². The summed E-state index contributed by atoms with van der Waals surface area (Å²) in [6, 6.07) is 3.61. The van der Waals surface area contributed by atoms with Crippen LogP contribution >= 0.6 is 11.3 Å². The fraction of sp³-hybridized carbons (Fsp3) is 0.167. The zero-order valence-electron chi connectivity index (χ0n) is 10.7. The number of nitrogens with one attached hydrogen (secondary N) is 1. The molecule has 1 N–H and O–H groups in total. The van der Waals surface area contributed by atoms with Gasteiger partial charge in [0.2, 0.25) is 0 Å². The third-order valence-electron chi connectivity index (χ3n) is 3.09. The van der Waals surface area contributed by atoms with Crippen LogP contribution < -0.4 is 16.9 Å². The van der Waals surface area contributed by atoms with Crippen LogP contribution in [0.1, 0.15) is 0 Å². The number of aryl methyl sites for hydroxylation is 1. The van der Waals surface area contributed by atoms with Gasteiger partial charge in [-0.05, 0) is 11.4 Å². The molecule has 3 aromatic rings. The van der Waals surface area contributed by atoms with Crippen molar-refractivity contribution in [2.24, 2.45) is 14.1 Å². The summed E-state index contributed by atoms with van der Waals surface area (Å²) in [5.41, 5.74) is -1.10. The lowest BCUT2D eigenvalue weighted by molar-refractivity contribution is 0.705. The van der Waals surface area contributed by atoms with Crippen LogP contribution in [0, 0.1) is 0 Å². The number of rotatable bonds is 1. The Balaban J connectivity index is 2.65. The van der Waals surface area contributed by atoms with Gasteiger partial charge in [-0.3, -0.25) is 13.9 Å². The van der Waals surface area contributed by atoms with Crippen LogP contribution in [-0.4, -0.2) is 19.1 Å². The van der Waals surface area contributed by atoms with E-state index in [2.05, 4.69) is 9.97 Å². The van der Waals surface area contributed by atoms with E-state index in [0.29, 0.717) is 5.69 Å². The van der Waals surface area contributed by atoms with Crippen LogP contribution in [0.5, 0.6) is 0 Å². The number of aromatic nitrogens is 4. The molecule has 0 aliphatic rings. The largest absolute Gasteiger partial charge is 0.347 e. The molecule has 3 rings (SSSR count). The van der Waals surface area contributed by atoms with E-state index < -0.39 is 16.9 Å². The molecule has 0 amide bonds. The van der Waals surface area contributed by atoms with Gasteiger partial charge in [0, 0.05) is 14.1 Å². The Hall–Kier alpha value is -2.48. The van der Waals surface area contributed by atoms with Gasteiger partial charge in [0.1, 0.15) is 5.39 Å². The summed E-state index contributed by atoms with van der Waals surface area (Å²) in [5.74, 6) is 0. The zero-order valence-corrected chi connectivity index (χ0v) is 11.5. The van der Waals surface area contributed by atoms with Crippen molar-refractivity contribution in [2.75, 3.05) is 0 Å². The summed E-state index contributed by atoms with van der Waals surface area (Å²) < 4.78 is 2.20. The van der Waals surface area contributed by atoms with Crippen LogP contribution in [0.25, 0.3) is 21.6 Å². The maximum Gasteiger partial charge on any atom is 0.347 e. The number of fused-ring (bicyclic) bond motifs is 1. The fourth-order valence-electron chi connectivity index (χ4n) is 2.08. The smallest absolute Gasteiger partial charge is 0.304 e. The summed E-state index contributed by atoms with van der Waals surface area (Å²) in [6.45, 7) is 0. The van der Waals surface area contributed by atoms with Crippen molar-refractivity contribution >= 4 is 22.4 Å². The lowest BCUT2D eigenvalue weighted by Crippen LogP contribution is -2.38. The maximum absolute atomic E-state index is 12.3. The van der Waals surface area contributed by atoms with Crippen molar-refractivity contribution in [3.05, 3.63) is 48.8 Å². The average Bonchev–Trinajstić information content (AvgIpc) is 2.95. The third kappa shape index (κ3) is 1.65. The van der Waals surface area contributed by atoms with Gasteiger partial charge >= 0.3 is 11.4 Å². The molecule has 0 aliphatic carbocycles. The number of H-pyrrole nitrogens is 1. The average molecular weight is 290 g/mol. The van der Waals surface area contributed by atoms with E-state index in [1.54, 1.807) is 6.07 Å². The molecule has 0 radical (unpaired) electrons. The number of hydrogen-bond donors (Lipinski definition) is 1. The van der Waals surface area contributed by atoms with E-state index in [4.69, 9.17) is 0 Å². The Morgan fingerprint density at radius 1 is 1.20 bits per heavy atom. The van der Waals surface area contributed by atoms with Gasteiger partial charge in [-0.25, -0.2) is 9.59 Å². The van der Waals surface area contributed by atoms with Crippen LogP contribution in [0.2, 0.25) is 0 Å². The Labute approximate surface area is 115 Å². The van der Waals surface area contributed by atoms with Gasteiger partial charge in [0.15, 0.2) is 5.65 Å². The van der Waals surface area contributed by atoms with E-state index in [9.17, 15) is 14.4 Å². The van der Waals surface area contributed by atoms with Crippen LogP contribution in [-0.2, 0) is 14.1 Å². The molecule has 102 valence electrons. The molecule has 0 bridgehead atoms. The second-order valence-electron chi connectivity index (χ2n) is 4.30. The molecule has 0 spiro atoms. The fourth-order valence-corrected chi connectivity index (χ4v) is 2.81. The molecular weight excluding hydrogens is 280 g/mol. The van der Waals surface area contributed by atoms with Gasteiger partial charge in [-0.15, -0.1) is 11.3 Å². The summed E-state index contributed by atoms with van der Waals surface area (Å²) in [5, 5.41) is 2.07. The molecule has 0 saturated heterocycles. The van der Waals surface area contributed by atoms with Gasteiger partial charge in [-0.1, -0.05) is 6.07 Å². The second kappa shape index (κ2) is 4.27. The van der Waals surface area contributed by atoms with E-state index in [-0.39, 0.29) is 11.0 Å². The Kier molecular flexibility index (Phi) is 2.68. The highest BCUT2D eigenvalue weighted by Crippen LogP contribution is 2.25. The first kappa shape index (κ1) is 12.5. The second-order valence-corrected chi connectivity index (χ2v) is 5.25. The Morgan fingerprint density at radius 3 is 2.60 bits per heavy atom. The van der Waals surface area contributed by atoms with E-state index >= 15 is 0 Å². The highest BCUT2D eigenvalue weighted by atomic mass is 32.1. The van der Waals surface area contributed by atoms with Gasteiger partial charge in [0.05, 0.1) is 10.6 Å². The molecule has 0 aliphatic heterocycles. The minimum absolute atomic E-state index is 0.0882. The quantitative estimate of drug-likeness (QED) is 0.685. The first-order valence-electron chi connectivity index (χ1n) is 5.74. The molecule has 0 unspecified atom stereocenters. The van der Waals surface area contributed by atoms with Gasteiger partial charge in [0.25, 0.3) is 5.56 Å². The molecule has 7 nitrogen and oxygen atoms in total. The standard InChI is InChI=1S/C12H10N4O3S/c1-15-9-7(10(17)16(2)12(15)19)8(13-11(18)14-9)6-4-3-5-20-6/h3-5H,1-2H3,(H,13,14,18). The number of thiophene rings is 1. The van der Waals surface area contributed by atoms with Gasteiger partial charge in [-0.2, -0.15) is 4.98 Å². The first-order chi connectivity index (χ1) is 9.50. The van der Waals surface area contributed by atoms with Crippen LogP contribution in [0.3, 0.4) is 0 Å². The molecule has 0 atom stereocenters. The van der Waals surface area contributed by atoms with Crippen molar-refractivity contribution in [3.8, 4) is 10.6 Å². The topological polar surface area (TPSA) is 89.8 Å². The number of aromatic amines is 1. The molecular formula is C12H10N4O3S. The lowest BCUT2D eigenvalue weighted by Gasteiger charge is -2.08. The maximum atomic E-state index is 12.3. The number of hydrogen-bond acceptors (Lipinski definition) is 5. The summed E-state index contributed by atoms with van der Waals surface area (Å²) in [6.07, 6.45) is 0.